The molecule has 0 aliphatic carbocycles. The van der Waals surface area contributed by atoms with E-state index < -0.39 is 15.4 Å². The zero-order chi connectivity index (χ0) is 14.6. The van der Waals surface area contributed by atoms with Crippen LogP contribution in [0.5, 0.6) is 11.5 Å². The van der Waals surface area contributed by atoms with Crippen molar-refractivity contribution in [2.45, 2.75) is 18.6 Å². The van der Waals surface area contributed by atoms with Crippen LogP contribution in [0, 0.1) is 0 Å². The van der Waals surface area contributed by atoms with Crippen molar-refractivity contribution in [3.05, 3.63) is 23.8 Å². The van der Waals surface area contributed by atoms with E-state index in [0.29, 0.717) is 11.5 Å². The highest BCUT2D eigenvalue weighted by molar-refractivity contribution is 7.86. The first-order valence-corrected chi connectivity index (χ1v) is 6.97. The van der Waals surface area contributed by atoms with Crippen LogP contribution in [0.4, 0.5) is 0 Å². The van der Waals surface area contributed by atoms with Crippen molar-refractivity contribution in [1.82, 2.24) is 0 Å². The molecule has 106 valence electrons. The Hall–Kier alpha value is -1.60. The molecule has 0 saturated carbocycles. The van der Waals surface area contributed by atoms with E-state index in [-0.39, 0.29) is 17.8 Å². The molecule has 1 N–H and O–H groups in total. The number of ether oxygens (including phenoxy) is 2. The first-order chi connectivity index (χ1) is 8.79. The Balaban J connectivity index is 3.27. The molecule has 1 unspecified atom stereocenters. The minimum Gasteiger partial charge on any atom is -0.493 e. The molecule has 0 spiro atoms. The van der Waals surface area contributed by atoms with E-state index in [1.54, 1.807) is 0 Å². The molecule has 0 bridgehead atoms. The average molecular weight is 288 g/mol. The maximum absolute atomic E-state index is 11.4. The zero-order valence-corrected chi connectivity index (χ0v) is 11.7. The van der Waals surface area contributed by atoms with Crippen LogP contribution in [-0.2, 0) is 14.9 Å². The van der Waals surface area contributed by atoms with Gasteiger partial charge in [0.2, 0.25) is 0 Å². The lowest BCUT2D eigenvalue weighted by Crippen LogP contribution is -2.15. The highest BCUT2D eigenvalue weighted by Crippen LogP contribution is 2.33. The standard InChI is InChI=1S/C12H16O6S/c1-8(13)6-12(19(14,15)16)9-4-5-10(17-2)11(7-9)18-3/h4-5,7,12H,6H2,1-3H3,(H,14,15,16). The topological polar surface area (TPSA) is 89.9 Å². The van der Waals surface area contributed by atoms with Gasteiger partial charge >= 0.3 is 0 Å². The summed E-state index contributed by atoms with van der Waals surface area (Å²) in [6.07, 6.45) is -0.297. The lowest BCUT2D eigenvalue weighted by molar-refractivity contribution is -0.117. The van der Waals surface area contributed by atoms with Crippen LogP contribution in [-0.4, -0.2) is 33.0 Å². The fraction of sp³-hybridized carbons (Fsp3) is 0.417. The number of ketones is 1. The predicted molar refractivity (Wildman–Crippen MR) is 69.1 cm³/mol. The SMILES string of the molecule is COc1ccc(C(CC(C)=O)S(=O)(=O)O)cc1OC. The fourth-order valence-corrected chi connectivity index (χ4v) is 2.65. The summed E-state index contributed by atoms with van der Waals surface area (Å²) < 4.78 is 42.0. The fourth-order valence-electron chi connectivity index (χ4n) is 1.71. The Morgan fingerprint density at radius 1 is 1.26 bits per heavy atom. The minimum atomic E-state index is -4.37. The van der Waals surface area contributed by atoms with Crippen LogP contribution >= 0.6 is 0 Å². The molecule has 1 atom stereocenters. The van der Waals surface area contributed by atoms with E-state index in [9.17, 15) is 17.8 Å². The molecule has 1 rings (SSSR count). The molecule has 0 fully saturated rings. The van der Waals surface area contributed by atoms with Gasteiger partial charge < -0.3 is 9.47 Å². The van der Waals surface area contributed by atoms with E-state index in [4.69, 9.17) is 9.47 Å². The Morgan fingerprint density at radius 2 is 1.84 bits per heavy atom. The van der Waals surface area contributed by atoms with Crippen molar-refractivity contribution >= 4 is 15.9 Å². The highest BCUT2D eigenvalue weighted by Gasteiger charge is 2.27. The molecular weight excluding hydrogens is 272 g/mol. The van der Waals surface area contributed by atoms with Gasteiger partial charge in [-0.25, -0.2) is 0 Å². The summed E-state index contributed by atoms with van der Waals surface area (Å²) in [7, 11) is -1.51. The molecule has 7 heteroatoms. The second-order valence-corrected chi connectivity index (χ2v) is 5.62. The molecule has 1 aromatic carbocycles. The van der Waals surface area contributed by atoms with E-state index in [1.165, 1.54) is 39.3 Å². The molecule has 0 heterocycles. The van der Waals surface area contributed by atoms with Crippen LogP contribution in [0.25, 0.3) is 0 Å². The van der Waals surface area contributed by atoms with E-state index in [0.717, 1.165) is 0 Å². The van der Waals surface area contributed by atoms with Crippen molar-refractivity contribution < 1.29 is 27.2 Å². The maximum atomic E-state index is 11.4. The molecule has 1 aromatic rings. The quantitative estimate of drug-likeness (QED) is 0.800. The smallest absolute Gasteiger partial charge is 0.272 e. The normalized spacial score (nSPS) is 12.8. The summed E-state index contributed by atoms with van der Waals surface area (Å²) in [5.41, 5.74) is 0.273. The summed E-state index contributed by atoms with van der Waals surface area (Å²) in [4.78, 5) is 11.1. The Kier molecular flexibility index (Phi) is 4.90. The Morgan fingerprint density at radius 3 is 2.26 bits per heavy atom. The molecule has 0 aromatic heterocycles. The maximum Gasteiger partial charge on any atom is 0.272 e. The van der Waals surface area contributed by atoms with Gasteiger partial charge in [0.1, 0.15) is 11.0 Å². The van der Waals surface area contributed by atoms with Gasteiger partial charge in [-0.3, -0.25) is 9.35 Å². The summed E-state index contributed by atoms with van der Waals surface area (Å²) in [5.74, 6) is 0.428. The van der Waals surface area contributed by atoms with Gasteiger partial charge in [0.15, 0.2) is 11.5 Å². The van der Waals surface area contributed by atoms with Crippen molar-refractivity contribution in [3.8, 4) is 11.5 Å². The molecule has 0 saturated heterocycles. The molecular formula is C12H16O6S. The predicted octanol–water partition coefficient (Wildman–Crippen LogP) is 1.61. The molecule has 0 aliphatic heterocycles. The average Bonchev–Trinajstić information content (AvgIpc) is 2.33. The lowest BCUT2D eigenvalue weighted by atomic mass is 10.1. The first-order valence-electron chi connectivity index (χ1n) is 5.47. The van der Waals surface area contributed by atoms with E-state index in [1.807, 2.05) is 0 Å². The summed E-state index contributed by atoms with van der Waals surface area (Å²) in [6.45, 7) is 1.26. The van der Waals surface area contributed by atoms with Gasteiger partial charge in [-0.1, -0.05) is 6.07 Å². The largest absolute Gasteiger partial charge is 0.493 e. The van der Waals surface area contributed by atoms with Gasteiger partial charge in [-0.2, -0.15) is 8.42 Å². The van der Waals surface area contributed by atoms with Crippen molar-refractivity contribution in [1.29, 1.82) is 0 Å². The van der Waals surface area contributed by atoms with Crippen LogP contribution in [0.2, 0.25) is 0 Å². The number of Topliss-reactive ketones (excluding diaryl/α,β-unsaturated/α-hetero) is 1. The second-order valence-electron chi connectivity index (χ2n) is 4.02. The van der Waals surface area contributed by atoms with Gasteiger partial charge in [0.25, 0.3) is 10.1 Å². The first kappa shape index (κ1) is 15.5. The number of carbonyl (C=O) groups excluding carboxylic acids is 1. The van der Waals surface area contributed by atoms with Crippen molar-refractivity contribution in [3.63, 3.8) is 0 Å². The van der Waals surface area contributed by atoms with E-state index in [2.05, 4.69) is 0 Å². The van der Waals surface area contributed by atoms with Gasteiger partial charge in [0.05, 0.1) is 14.2 Å². The third-order valence-electron chi connectivity index (χ3n) is 2.61. The Labute approximate surface area is 112 Å². The van der Waals surface area contributed by atoms with Crippen LogP contribution in [0.3, 0.4) is 0 Å². The molecule has 6 nitrogen and oxygen atoms in total. The highest BCUT2D eigenvalue weighted by atomic mass is 32.2. The number of benzene rings is 1. The molecule has 19 heavy (non-hydrogen) atoms. The second kappa shape index (κ2) is 6.03. The lowest BCUT2D eigenvalue weighted by Gasteiger charge is -2.15. The van der Waals surface area contributed by atoms with Crippen LogP contribution < -0.4 is 9.47 Å². The number of rotatable bonds is 6. The third-order valence-corrected chi connectivity index (χ3v) is 3.77. The van der Waals surface area contributed by atoms with E-state index >= 15 is 0 Å². The van der Waals surface area contributed by atoms with Gasteiger partial charge in [-0.15, -0.1) is 0 Å². The van der Waals surface area contributed by atoms with Crippen LogP contribution in [0.1, 0.15) is 24.2 Å². The number of hydrogen-bond acceptors (Lipinski definition) is 5. The van der Waals surface area contributed by atoms with Crippen molar-refractivity contribution in [2.75, 3.05) is 14.2 Å². The van der Waals surface area contributed by atoms with Gasteiger partial charge in [0, 0.05) is 6.42 Å². The number of methoxy groups -OCH3 is 2. The number of carbonyl (C=O) groups is 1. The summed E-state index contributed by atoms with van der Waals surface area (Å²) >= 11 is 0. The molecule has 0 amide bonds. The minimum absolute atomic E-state index is 0.273. The summed E-state index contributed by atoms with van der Waals surface area (Å²) in [5, 5.41) is -1.30. The van der Waals surface area contributed by atoms with Crippen molar-refractivity contribution in [2.24, 2.45) is 0 Å². The Bertz CT molecular complexity index is 564. The molecule has 0 aliphatic rings. The summed E-state index contributed by atoms with van der Waals surface area (Å²) in [6, 6.07) is 4.43. The molecule has 0 radical (unpaired) electrons. The third kappa shape index (κ3) is 3.93. The van der Waals surface area contributed by atoms with Gasteiger partial charge in [-0.05, 0) is 24.6 Å². The number of hydrogen-bond donors (Lipinski definition) is 1. The zero-order valence-electron chi connectivity index (χ0n) is 10.9. The monoisotopic (exact) mass is 288 g/mol. The van der Waals surface area contributed by atoms with Crippen LogP contribution in [0.15, 0.2) is 18.2 Å².